The highest BCUT2D eigenvalue weighted by molar-refractivity contribution is 8.01. The van der Waals surface area contributed by atoms with Crippen molar-refractivity contribution in [1.29, 1.82) is 0 Å². The van der Waals surface area contributed by atoms with Crippen molar-refractivity contribution in [3.8, 4) is 0 Å². The number of hydrogen-bond acceptors (Lipinski definition) is 5. The lowest BCUT2D eigenvalue weighted by atomic mass is 9.87. The summed E-state index contributed by atoms with van der Waals surface area (Å²) in [5.74, 6) is -1.81. The van der Waals surface area contributed by atoms with Crippen LogP contribution in [0.15, 0.2) is 35.2 Å². The Morgan fingerprint density at radius 2 is 1.57 bits per heavy atom. The van der Waals surface area contributed by atoms with Crippen LogP contribution in [-0.2, 0) is 30.2 Å². The van der Waals surface area contributed by atoms with Gasteiger partial charge in [-0.2, -0.15) is 0 Å². The fourth-order valence-electron chi connectivity index (χ4n) is 2.08. The molecule has 0 atom stereocenters. The van der Waals surface area contributed by atoms with Crippen LogP contribution in [0.4, 0.5) is 0 Å². The van der Waals surface area contributed by atoms with Crippen LogP contribution in [0.25, 0.3) is 0 Å². The molecule has 0 unspecified atom stereocenters. The normalized spacial score (nSPS) is 17.5. The lowest BCUT2D eigenvalue weighted by Gasteiger charge is -2.29. The Balaban J connectivity index is 1.99. The highest BCUT2D eigenvalue weighted by atomic mass is 32.2. The van der Waals surface area contributed by atoms with E-state index in [1.807, 2.05) is 0 Å². The highest BCUT2D eigenvalue weighted by Crippen LogP contribution is 2.26. The molecule has 1 aliphatic heterocycles. The van der Waals surface area contributed by atoms with Gasteiger partial charge < -0.3 is 9.47 Å². The molecule has 1 aromatic carbocycles. The largest absolute Gasteiger partial charge is 0.419 e. The molecule has 0 spiro atoms. The van der Waals surface area contributed by atoms with Gasteiger partial charge in [-0.05, 0) is 21.9 Å². The van der Waals surface area contributed by atoms with E-state index >= 15 is 0 Å². The molecule has 0 amide bonds. The third-order valence-electron chi connectivity index (χ3n) is 3.39. The Morgan fingerprint density at radius 3 is 2.04 bits per heavy atom. The molecule has 0 radical (unpaired) electrons. The summed E-state index contributed by atoms with van der Waals surface area (Å²) in [4.78, 5) is 23.6. The second-order valence-corrected chi connectivity index (χ2v) is 7.83. The summed E-state index contributed by atoms with van der Waals surface area (Å²) in [5.41, 5.74) is 2.46. The maximum atomic E-state index is 11.8. The van der Waals surface area contributed by atoms with Crippen molar-refractivity contribution in [2.45, 2.75) is 51.6 Å². The molecule has 5 heteroatoms. The molecule has 0 N–H and O–H groups in total. The minimum absolute atomic E-state index is 0.0550. The minimum Gasteiger partial charge on any atom is -0.419 e. The molecule has 1 fully saturated rings. The van der Waals surface area contributed by atoms with Gasteiger partial charge in [-0.15, -0.1) is 11.8 Å². The van der Waals surface area contributed by atoms with E-state index in [1.165, 1.54) is 36.6 Å². The van der Waals surface area contributed by atoms with E-state index in [0.717, 1.165) is 5.56 Å². The van der Waals surface area contributed by atoms with Gasteiger partial charge in [-0.3, -0.25) is 0 Å². The monoisotopic (exact) mass is 334 g/mol. The van der Waals surface area contributed by atoms with Crippen molar-refractivity contribution in [3.05, 3.63) is 46.4 Å². The topological polar surface area (TPSA) is 52.6 Å². The molecule has 1 heterocycles. The van der Waals surface area contributed by atoms with Crippen molar-refractivity contribution in [2.24, 2.45) is 0 Å². The van der Waals surface area contributed by atoms with Crippen LogP contribution in [0.2, 0.25) is 0 Å². The van der Waals surface area contributed by atoms with Gasteiger partial charge >= 0.3 is 11.9 Å². The predicted octanol–water partition coefficient (Wildman–Crippen LogP) is 3.94. The Labute approximate surface area is 141 Å². The first-order valence-corrected chi connectivity index (χ1v) is 8.51. The van der Waals surface area contributed by atoms with Gasteiger partial charge in [0.2, 0.25) is 0 Å². The number of carbonyl (C=O) groups excluding carboxylic acids is 2. The summed E-state index contributed by atoms with van der Waals surface area (Å²) >= 11 is 1.37. The van der Waals surface area contributed by atoms with Crippen LogP contribution >= 0.6 is 11.8 Å². The molecule has 4 nitrogen and oxygen atoms in total. The van der Waals surface area contributed by atoms with E-state index in [9.17, 15) is 9.59 Å². The van der Waals surface area contributed by atoms with Crippen LogP contribution in [0.5, 0.6) is 0 Å². The first-order chi connectivity index (χ1) is 10.6. The molecule has 1 saturated heterocycles. The van der Waals surface area contributed by atoms with Crippen molar-refractivity contribution >= 4 is 23.7 Å². The predicted molar refractivity (Wildman–Crippen MR) is 90.8 cm³/mol. The van der Waals surface area contributed by atoms with Crippen LogP contribution in [-0.4, -0.2) is 17.7 Å². The van der Waals surface area contributed by atoms with Gasteiger partial charge in [-0.1, -0.05) is 45.0 Å². The zero-order valence-corrected chi connectivity index (χ0v) is 15.0. The van der Waals surface area contributed by atoms with Gasteiger partial charge in [0.1, 0.15) is 0 Å². The average molecular weight is 334 g/mol. The molecule has 124 valence electrons. The zero-order valence-electron chi connectivity index (χ0n) is 14.1. The van der Waals surface area contributed by atoms with E-state index in [-0.39, 0.29) is 11.0 Å². The van der Waals surface area contributed by atoms with Crippen molar-refractivity contribution in [1.82, 2.24) is 0 Å². The molecule has 1 aromatic rings. The standard InChI is InChI=1S/C18H22O4S/c1-17(2,3)13-8-6-12(7-9-13)10-23-11-14-15(19)21-18(4,5)22-16(14)20/h6-9,11H,10H2,1-5H3. The summed E-state index contributed by atoms with van der Waals surface area (Å²) in [5, 5.41) is 1.51. The van der Waals surface area contributed by atoms with Gasteiger partial charge in [0.15, 0.2) is 5.57 Å². The molecular weight excluding hydrogens is 312 g/mol. The Kier molecular flexibility index (Phi) is 4.90. The van der Waals surface area contributed by atoms with Gasteiger partial charge in [0.25, 0.3) is 5.79 Å². The molecule has 23 heavy (non-hydrogen) atoms. The fourth-order valence-corrected chi connectivity index (χ4v) is 2.91. The van der Waals surface area contributed by atoms with E-state index in [0.29, 0.717) is 5.75 Å². The third kappa shape index (κ3) is 4.61. The quantitative estimate of drug-likeness (QED) is 0.476. The van der Waals surface area contributed by atoms with Crippen LogP contribution in [0.3, 0.4) is 0 Å². The number of rotatable bonds is 3. The molecule has 0 aliphatic carbocycles. The maximum absolute atomic E-state index is 11.8. The number of carbonyl (C=O) groups is 2. The van der Waals surface area contributed by atoms with E-state index in [1.54, 1.807) is 0 Å². The fraction of sp³-hybridized carbons (Fsp3) is 0.444. The Hall–Kier alpha value is -1.75. The molecule has 0 saturated carbocycles. The number of esters is 2. The number of thioether (sulfide) groups is 1. The van der Waals surface area contributed by atoms with Crippen LogP contribution < -0.4 is 0 Å². The van der Waals surface area contributed by atoms with Gasteiger partial charge in [-0.25, -0.2) is 9.59 Å². The lowest BCUT2D eigenvalue weighted by Crippen LogP contribution is -2.41. The summed E-state index contributed by atoms with van der Waals surface area (Å²) in [6.07, 6.45) is 0. The highest BCUT2D eigenvalue weighted by Gasteiger charge is 2.38. The van der Waals surface area contributed by atoms with Crippen LogP contribution in [0, 0.1) is 0 Å². The lowest BCUT2D eigenvalue weighted by molar-refractivity contribution is -0.222. The first-order valence-electron chi connectivity index (χ1n) is 7.46. The number of hydrogen-bond donors (Lipinski definition) is 0. The summed E-state index contributed by atoms with van der Waals surface area (Å²) in [6.45, 7) is 9.57. The second-order valence-electron chi connectivity index (χ2n) is 6.97. The molecule has 2 rings (SSSR count). The SMILES string of the molecule is CC1(C)OC(=O)C(=CSCc2ccc(C(C)(C)C)cc2)C(=O)O1. The Morgan fingerprint density at radius 1 is 1.04 bits per heavy atom. The third-order valence-corrected chi connectivity index (χ3v) is 4.29. The summed E-state index contributed by atoms with van der Waals surface area (Å²) in [7, 11) is 0. The molecule has 0 bridgehead atoms. The molecule has 1 aliphatic rings. The molecule has 0 aromatic heterocycles. The van der Waals surface area contributed by atoms with Crippen molar-refractivity contribution < 1.29 is 19.1 Å². The first kappa shape index (κ1) is 17.6. The van der Waals surface area contributed by atoms with E-state index in [2.05, 4.69) is 45.0 Å². The van der Waals surface area contributed by atoms with Crippen molar-refractivity contribution in [3.63, 3.8) is 0 Å². The average Bonchev–Trinajstić information content (AvgIpc) is 2.40. The van der Waals surface area contributed by atoms with Crippen molar-refractivity contribution in [2.75, 3.05) is 0 Å². The smallest absolute Gasteiger partial charge is 0.349 e. The van der Waals surface area contributed by atoms with Crippen LogP contribution in [0.1, 0.15) is 45.7 Å². The van der Waals surface area contributed by atoms with Gasteiger partial charge in [0, 0.05) is 19.6 Å². The summed E-state index contributed by atoms with van der Waals surface area (Å²) in [6, 6.07) is 8.34. The maximum Gasteiger partial charge on any atom is 0.349 e. The summed E-state index contributed by atoms with van der Waals surface area (Å²) < 4.78 is 10.1. The Bertz CT molecular complexity index is 614. The molecular formula is C18H22O4S. The number of cyclic esters (lactones) is 2. The van der Waals surface area contributed by atoms with E-state index < -0.39 is 17.7 Å². The zero-order chi connectivity index (χ0) is 17.3. The number of ether oxygens (including phenoxy) is 2. The second kappa shape index (κ2) is 6.40. The van der Waals surface area contributed by atoms with Gasteiger partial charge in [0.05, 0.1) is 0 Å². The van der Waals surface area contributed by atoms with E-state index in [4.69, 9.17) is 9.47 Å². The minimum atomic E-state index is -1.20. The number of benzene rings is 1.